The zero-order chi connectivity index (χ0) is 25.7. The van der Waals surface area contributed by atoms with Gasteiger partial charge in [0.15, 0.2) is 0 Å². The summed E-state index contributed by atoms with van der Waals surface area (Å²) in [5.41, 5.74) is 4.91. The number of aryl methyl sites for hydroxylation is 2. The van der Waals surface area contributed by atoms with Crippen LogP contribution in [-0.4, -0.2) is 143 Å². The van der Waals surface area contributed by atoms with Crippen molar-refractivity contribution in [2.45, 2.75) is 26.9 Å². The van der Waals surface area contributed by atoms with Gasteiger partial charge in [-0.05, 0) is 25.0 Å². The van der Waals surface area contributed by atoms with E-state index in [1.165, 1.54) is 22.5 Å². The molecule has 3 aliphatic rings. The number of hydrogen-bond acceptors (Lipinski definition) is 9. The first-order valence-corrected chi connectivity index (χ1v) is 14.9. The first kappa shape index (κ1) is 28.5. The number of nitrogens with one attached hydrogen (secondary N) is 2. The molecule has 0 unspecified atom stereocenters. The molecule has 2 N–H and O–H groups in total. The number of thioether (sulfide) groups is 1. The van der Waals surface area contributed by atoms with E-state index in [0.717, 1.165) is 116 Å². The summed E-state index contributed by atoms with van der Waals surface area (Å²) in [6.07, 6.45) is 3.85. The molecule has 0 spiro atoms. The standard InChI is InChI=1S/C26H46N8O2S/c1-23-19-27-29-25(23)21-33-5-3-31-7-13-35-15-9-32(10-16-36-14-8-31)4-6-34(12-18-37-17-11-33)22-26-24(2)20-28-30-26/h19-20H,3-18,21-22H2,1-2H3,(H,27,29)(H,28,30). The molecule has 0 radical (unpaired) electrons. The second-order valence-corrected chi connectivity index (χ2v) is 11.4. The van der Waals surface area contributed by atoms with Crippen molar-refractivity contribution in [3.05, 3.63) is 34.9 Å². The molecule has 5 rings (SSSR count). The number of hydrogen-bond donors (Lipinski definition) is 2. The molecule has 11 heteroatoms. The number of aromatic nitrogens is 4. The lowest BCUT2D eigenvalue weighted by Gasteiger charge is -2.30. The van der Waals surface area contributed by atoms with E-state index in [9.17, 15) is 0 Å². The van der Waals surface area contributed by atoms with E-state index in [0.29, 0.717) is 0 Å². The fourth-order valence-corrected chi connectivity index (χ4v) is 5.74. The average Bonchev–Trinajstić information content (AvgIpc) is 3.48. The van der Waals surface area contributed by atoms with Gasteiger partial charge in [-0.25, -0.2) is 0 Å². The summed E-state index contributed by atoms with van der Waals surface area (Å²) < 4.78 is 12.2. The van der Waals surface area contributed by atoms with Crippen LogP contribution in [0.25, 0.3) is 0 Å². The molecule has 5 heterocycles. The highest BCUT2D eigenvalue weighted by Crippen LogP contribution is 2.12. The van der Waals surface area contributed by atoms with E-state index < -0.39 is 0 Å². The molecular weight excluding hydrogens is 488 g/mol. The van der Waals surface area contributed by atoms with Crippen LogP contribution in [0.15, 0.2) is 12.4 Å². The van der Waals surface area contributed by atoms with E-state index >= 15 is 0 Å². The minimum absolute atomic E-state index is 0.772. The monoisotopic (exact) mass is 534 g/mol. The molecule has 3 fully saturated rings. The van der Waals surface area contributed by atoms with Gasteiger partial charge in [0, 0.05) is 90.0 Å². The predicted octanol–water partition coefficient (Wildman–Crippen LogP) is 1.45. The van der Waals surface area contributed by atoms with Gasteiger partial charge in [0.25, 0.3) is 0 Å². The third-order valence-electron chi connectivity index (χ3n) is 7.41. The van der Waals surface area contributed by atoms with Crippen LogP contribution in [0.1, 0.15) is 22.5 Å². The number of nitrogens with zero attached hydrogens (tertiary/aromatic N) is 6. The summed E-state index contributed by atoms with van der Waals surface area (Å²) >= 11 is 2.06. The molecule has 3 aliphatic heterocycles. The lowest BCUT2D eigenvalue weighted by Crippen LogP contribution is -2.42. The zero-order valence-electron chi connectivity index (χ0n) is 22.8. The zero-order valence-corrected chi connectivity index (χ0v) is 23.6. The molecule has 3 saturated heterocycles. The predicted molar refractivity (Wildman–Crippen MR) is 149 cm³/mol. The summed E-state index contributed by atoms with van der Waals surface area (Å²) in [6.45, 7) is 19.2. The topological polar surface area (TPSA) is 88.8 Å². The highest BCUT2D eigenvalue weighted by Gasteiger charge is 2.16. The smallest absolute Gasteiger partial charge is 0.0594 e. The highest BCUT2D eigenvalue weighted by atomic mass is 32.2. The van der Waals surface area contributed by atoms with Crippen molar-refractivity contribution in [1.29, 1.82) is 0 Å². The van der Waals surface area contributed by atoms with E-state index in [2.05, 4.69) is 65.6 Å². The van der Waals surface area contributed by atoms with Gasteiger partial charge in [-0.15, -0.1) is 0 Å². The van der Waals surface area contributed by atoms with Crippen molar-refractivity contribution in [2.24, 2.45) is 0 Å². The summed E-state index contributed by atoms with van der Waals surface area (Å²) in [5, 5.41) is 14.9. The molecular formula is C26H46N8O2S. The fraction of sp³-hybridized carbons (Fsp3) is 0.769. The van der Waals surface area contributed by atoms with Crippen molar-refractivity contribution in [1.82, 2.24) is 40.0 Å². The summed E-state index contributed by atoms with van der Waals surface area (Å²) in [6, 6.07) is 0. The lowest BCUT2D eigenvalue weighted by atomic mass is 10.2. The van der Waals surface area contributed by atoms with Crippen LogP contribution >= 0.6 is 11.8 Å². The van der Waals surface area contributed by atoms with Crippen LogP contribution in [0.5, 0.6) is 0 Å². The Hall–Kier alpha value is -1.47. The van der Waals surface area contributed by atoms with Crippen molar-refractivity contribution in [3.8, 4) is 0 Å². The number of rotatable bonds is 4. The molecule has 0 aromatic carbocycles. The number of fused-ring (bicyclic) bond motifs is 18. The molecule has 0 atom stereocenters. The molecule has 0 saturated carbocycles. The second kappa shape index (κ2) is 15.8. The molecule has 37 heavy (non-hydrogen) atoms. The third-order valence-corrected chi connectivity index (χ3v) is 8.35. The average molecular weight is 535 g/mol. The van der Waals surface area contributed by atoms with Gasteiger partial charge in [-0.3, -0.25) is 29.8 Å². The summed E-state index contributed by atoms with van der Waals surface area (Å²) in [4.78, 5) is 10.1. The highest BCUT2D eigenvalue weighted by molar-refractivity contribution is 7.99. The van der Waals surface area contributed by atoms with Crippen LogP contribution in [0.4, 0.5) is 0 Å². The number of ether oxygens (including phenoxy) is 2. The molecule has 0 amide bonds. The van der Waals surface area contributed by atoms with Crippen LogP contribution < -0.4 is 0 Å². The Morgan fingerprint density at radius 2 is 1.08 bits per heavy atom. The van der Waals surface area contributed by atoms with Crippen molar-refractivity contribution >= 4 is 11.8 Å². The van der Waals surface area contributed by atoms with Gasteiger partial charge >= 0.3 is 0 Å². The first-order valence-electron chi connectivity index (χ1n) is 13.8. The maximum absolute atomic E-state index is 6.09. The number of H-pyrrole nitrogens is 2. The van der Waals surface area contributed by atoms with Gasteiger partial charge in [0.2, 0.25) is 0 Å². The number of aromatic amines is 2. The van der Waals surface area contributed by atoms with Gasteiger partial charge < -0.3 is 9.47 Å². The molecule has 2 aromatic rings. The van der Waals surface area contributed by atoms with Crippen molar-refractivity contribution in [3.63, 3.8) is 0 Å². The van der Waals surface area contributed by atoms with Crippen molar-refractivity contribution in [2.75, 3.05) is 103 Å². The quantitative estimate of drug-likeness (QED) is 0.605. The Morgan fingerprint density at radius 3 is 1.46 bits per heavy atom. The Bertz CT molecular complexity index is 811. The van der Waals surface area contributed by atoms with E-state index in [4.69, 9.17) is 9.47 Å². The maximum Gasteiger partial charge on any atom is 0.0594 e. The minimum Gasteiger partial charge on any atom is -0.379 e. The molecule has 208 valence electrons. The normalized spacial score (nSPS) is 25.1. The Balaban J connectivity index is 1.42. The molecule has 2 bridgehead atoms. The minimum atomic E-state index is 0.772. The van der Waals surface area contributed by atoms with Gasteiger partial charge in [-0.1, -0.05) is 0 Å². The lowest BCUT2D eigenvalue weighted by molar-refractivity contribution is 0.0332. The second-order valence-electron chi connectivity index (χ2n) is 10.1. The van der Waals surface area contributed by atoms with Crippen LogP contribution in [0.3, 0.4) is 0 Å². The molecule has 0 aliphatic carbocycles. The van der Waals surface area contributed by atoms with Crippen LogP contribution in [-0.2, 0) is 22.6 Å². The Labute approximate surface area is 226 Å². The SMILES string of the molecule is Cc1cn[nH]c1CN1CCSCCN(Cc2[nH]ncc2C)CCN2CCOCCN(CCOCC2)CC1. The van der Waals surface area contributed by atoms with E-state index in [-0.39, 0.29) is 0 Å². The Kier molecular flexibility index (Phi) is 12.2. The summed E-state index contributed by atoms with van der Waals surface area (Å²) in [5.74, 6) is 2.25. The van der Waals surface area contributed by atoms with Gasteiger partial charge in [0.1, 0.15) is 0 Å². The maximum atomic E-state index is 6.09. The summed E-state index contributed by atoms with van der Waals surface area (Å²) in [7, 11) is 0. The third kappa shape index (κ3) is 9.97. The van der Waals surface area contributed by atoms with Gasteiger partial charge in [0.05, 0.1) is 50.2 Å². The molecule has 2 aromatic heterocycles. The fourth-order valence-electron chi connectivity index (χ4n) is 4.76. The van der Waals surface area contributed by atoms with Crippen molar-refractivity contribution < 1.29 is 9.47 Å². The van der Waals surface area contributed by atoms with Gasteiger partial charge in [-0.2, -0.15) is 22.0 Å². The van der Waals surface area contributed by atoms with E-state index in [1.807, 2.05) is 12.4 Å². The Morgan fingerprint density at radius 1 is 0.649 bits per heavy atom. The van der Waals surface area contributed by atoms with E-state index in [1.54, 1.807) is 0 Å². The van der Waals surface area contributed by atoms with Crippen LogP contribution in [0.2, 0.25) is 0 Å². The first-order chi connectivity index (χ1) is 18.2. The van der Waals surface area contributed by atoms with Crippen LogP contribution in [0, 0.1) is 13.8 Å². The largest absolute Gasteiger partial charge is 0.379 e. The molecule has 10 nitrogen and oxygen atoms in total.